The van der Waals surface area contributed by atoms with Gasteiger partial charge in [0.1, 0.15) is 12.0 Å². The first-order chi connectivity index (χ1) is 13.8. The molecule has 0 N–H and O–H groups in total. The van der Waals surface area contributed by atoms with Crippen molar-refractivity contribution in [1.82, 2.24) is 19.7 Å². The van der Waals surface area contributed by atoms with Gasteiger partial charge >= 0.3 is 0 Å². The zero-order chi connectivity index (χ0) is 19.3. The Morgan fingerprint density at radius 3 is 2.61 bits per heavy atom. The third-order valence-electron chi connectivity index (χ3n) is 4.36. The molecule has 2 heterocycles. The van der Waals surface area contributed by atoms with Crippen molar-refractivity contribution in [1.29, 1.82) is 0 Å². The van der Waals surface area contributed by atoms with Gasteiger partial charge in [-0.3, -0.25) is 9.78 Å². The topological polar surface area (TPSA) is 69.9 Å². The molecule has 2 aromatic carbocycles. The van der Waals surface area contributed by atoms with E-state index < -0.39 is 0 Å². The lowest BCUT2D eigenvalue weighted by molar-refractivity contribution is 0.112. The summed E-state index contributed by atoms with van der Waals surface area (Å²) in [7, 11) is 1.63. The van der Waals surface area contributed by atoms with Crippen molar-refractivity contribution < 1.29 is 9.53 Å². The molecule has 0 radical (unpaired) electrons. The molecule has 6 nitrogen and oxygen atoms in total. The highest BCUT2D eigenvalue weighted by Crippen LogP contribution is 2.25. The fourth-order valence-corrected chi connectivity index (χ4v) is 2.94. The molecule has 0 atom stereocenters. The molecule has 138 valence electrons. The second kappa shape index (κ2) is 7.84. The molecule has 0 saturated carbocycles. The highest BCUT2D eigenvalue weighted by molar-refractivity contribution is 5.78. The minimum Gasteiger partial charge on any atom is -0.497 e. The van der Waals surface area contributed by atoms with E-state index >= 15 is 0 Å². The van der Waals surface area contributed by atoms with Crippen molar-refractivity contribution >= 4 is 6.29 Å². The Bertz CT molecular complexity index is 1090. The van der Waals surface area contributed by atoms with Gasteiger partial charge in [-0.1, -0.05) is 24.3 Å². The smallest absolute Gasteiger partial charge is 0.181 e. The molecular formula is C22H18N4O2. The molecule has 0 unspecified atom stereocenters. The minimum absolute atomic E-state index is 0.525. The number of hydrogen-bond acceptors (Lipinski definition) is 5. The van der Waals surface area contributed by atoms with E-state index in [0.29, 0.717) is 23.8 Å². The van der Waals surface area contributed by atoms with Crippen LogP contribution in [0.4, 0.5) is 0 Å². The Hall–Kier alpha value is -3.80. The van der Waals surface area contributed by atoms with Crippen LogP contribution in [-0.2, 0) is 6.54 Å². The lowest BCUT2D eigenvalue weighted by atomic mass is 10.1. The van der Waals surface area contributed by atoms with Crippen LogP contribution in [0.2, 0.25) is 0 Å². The SMILES string of the molecule is COc1ccc(-c2nc(-c3cccc(C=O)c3)n(Cc3cccnc3)n2)cc1. The Kier molecular flexibility index (Phi) is 4.93. The Balaban J connectivity index is 1.79. The molecule has 0 fully saturated rings. The third-order valence-corrected chi connectivity index (χ3v) is 4.36. The van der Waals surface area contributed by atoms with Gasteiger partial charge in [-0.05, 0) is 42.0 Å². The zero-order valence-corrected chi connectivity index (χ0v) is 15.3. The van der Waals surface area contributed by atoms with Gasteiger partial charge in [0.25, 0.3) is 0 Å². The molecular weight excluding hydrogens is 352 g/mol. The Morgan fingerprint density at radius 2 is 1.89 bits per heavy atom. The Morgan fingerprint density at radius 1 is 1.04 bits per heavy atom. The van der Waals surface area contributed by atoms with Gasteiger partial charge in [0.15, 0.2) is 11.6 Å². The molecule has 0 aliphatic heterocycles. The van der Waals surface area contributed by atoms with E-state index in [1.807, 2.05) is 59.3 Å². The molecule has 4 rings (SSSR count). The van der Waals surface area contributed by atoms with Gasteiger partial charge in [-0.2, -0.15) is 5.10 Å². The van der Waals surface area contributed by atoms with Gasteiger partial charge in [-0.15, -0.1) is 0 Å². The number of rotatable bonds is 6. The summed E-state index contributed by atoms with van der Waals surface area (Å²) in [6, 6.07) is 18.8. The van der Waals surface area contributed by atoms with Gasteiger partial charge < -0.3 is 4.74 Å². The molecule has 28 heavy (non-hydrogen) atoms. The number of methoxy groups -OCH3 is 1. The minimum atomic E-state index is 0.525. The predicted octanol–water partition coefficient (Wildman–Crippen LogP) is 3.88. The lowest BCUT2D eigenvalue weighted by Gasteiger charge is -2.06. The van der Waals surface area contributed by atoms with Crippen LogP contribution < -0.4 is 4.74 Å². The number of carbonyl (C=O) groups is 1. The van der Waals surface area contributed by atoms with Crippen LogP contribution >= 0.6 is 0 Å². The van der Waals surface area contributed by atoms with Gasteiger partial charge in [0.2, 0.25) is 0 Å². The van der Waals surface area contributed by atoms with Crippen LogP contribution in [0, 0.1) is 0 Å². The van der Waals surface area contributed by atoms with Gasteiger partial charge in [0.05, 0.1) is 13.7 Å². The van der Waals surface area contributed by atoms with Crippen LogP contribution in [-0.4, -0.2) is 33.1 Å². The first-order valence-corrected chi connectivity index (χ1v) is 8.80. The van der Waals surface area contributed by atoms with E-state index in [9.17, 15) is 4.79 Å². The van der Waals surface area contributed by atoms with Gasteiger partial charge in [-0.25, -0.2) is 9.67 Å². The van der Waals surface area contributed by atoms with Crippen molar-refractivity contribution in [3.63, 3.8) is 0 Å². The maximum Gasteiger partial charge on any atom is 0.181 e. The quantitative estimate of drug-likeness (QED) is 0.482. The fraction of sp³-hybridized carbons (Fsp3) is 0.0909. The van der Waals surface area contributed by atoms with E-state index in [1.54, 1.807) is 25.6 Å². The average molecular weight is 370 g/mol. The standard InChI is InChI=1S/C22H18N4O2/c1-28-20-9-7-18(8-10-20)21-24-22(19-6-2-4-16(12-19)15-27)26(25-21)14-17-5-3-11-23-13-17/h2-13,15H,14H2,1H3. The average Bonchev–Trinajstić information content (AvgIpc) is 3.18. The fourth-order valence-electron chi connectivity index (χ4n) is 2.94. The molecule has 4 aromatic rings. The van der Waals surface area contributed by atoms with Crippen molar-refractivity contribution in [2.45, 2.75) is 6.54 Å². The molecule has 0 amide bonds. The summed E-state index contributed by atoms with van der Waals surface area (Å²) < 4.78 is 7.06. The highest BCUT2D eigenvalue weighted by Gasteiger charge is 2.14. The molecule has 0 spiro atoms. The van der Waals surface area contributed by atoms with E-state index in [0.717, 1.165) is 28.7 Å². The largest absolute Gasteiger partial charge is 0.497 e. The van der Waals surface area contributed by atoms with Crippen LogP contribution in [0.15, 0.2) is 73.1 Å². The summed E-state index contributed by atoms with van der Waals surface area (Å²) in [5.74, 6) is 2.08. The maximum atomic E-state index is 11.2. The predicted molar refractivity (Wildman–Crippen MR) is 106 cm³/mol. The number of benzene rings is 2. The molecule has 0 bridgehead atoms. The molecule has 0 aliphatic carbocycles. The van der Waals surface area contributed by atoms with Crippen molar-refractivity contribution in [3.05, 3.63) is 84.2 Å². The van der Waals surface area contributed by atoms with Crippen molar-refractivity contribution in [2.24, 2.45) is 0 Å². The first kappa shape index (κ1) is 17.6. The molecule has 0 saturated heterocycles. The van der Waals surface area contributed by atoms with Crippen molar-refractivity contribution in [2.75, 3.05) is 7.11 Å². The number of hydrogen-bond donors (Lipinski definition) is 0. The molecule has 2 aromatic heterocycles. The summed E-state index contributed by atoms with van der Waals surface area (Å²) in [5, 5.41) is 4.71. The zero-order valence-electron chi connectivity index (χ0n) is 15.3. The third kappa shape index (κ3) is 3.66. The summed E-state index contributed by atoms with van der Waals surface area (Å²) in [4.78, 5) is 20.1. The molecule has 0 aliphatic rings. The van der Waals surface area contributed by atoms with Crippen LogP contribution in [0.5, 0.6) is 5.75 Å². The number of aldehydes is 1. The van der Waals surface area contributed by atoms with Crippen LogP contribution in [0.1, 0.15) is 15.9 Å². The maximum absolute atomic E-state index is 11.2. The number of carbonyl (C=O) groups excluding carboxylic acids is 1. The van der Waals surface area contributed by atoms with Crippen LogP contribution in [0.3, 0.4) is 0 Å². The van der Waals surface area contributed by atoms with E-state index in [4.69, 9.17) is 14.8 Å². The second-order valence-corrected chi connectivity index (χ2v) is 6.25. The summed E-state index contributed by atoms with van der Waals surface area (Å²) in [6.45, 7) is 0.525. The lowest BCUT2D eigenvalue weighted by Crippen LogP contribution is -2.04. The number of ether oxygens (including phenoxy) is 1. The van der Waals surface area contributed by atoms with Crippen molar-refractivity contribution in [3.8, 4) is 28.5 Å². The van der Waals surface area contributed by atoms with E-state index in [2.05, 4.69) is 4.98 Å². The molecule has 6 heteroatoms. The summed E-state index contributed by atoms with van der Waals surface area (Å²) >= 11 is 0. The normalized spacial score (nSPS) is 10.6. The van der Waals surface area contributed by atoms with Crippen LogP contribution in [0.25, 0.3) is 22.8 Å². The number of pyridine rings is 1. The second-order valence-electron chi connectivity index (χ2n) is 6.25. The Labute approximate surface area is 162 Å². The number of aromatic nitrogens is 4. The van der Waals surface area contributed by atoms with E-state index in [1.165, 1.54) is 0 Å². The summed E-state index contributed by atoms with van der Waals surface area (Å²) in [6.07, 6.45) is 4.37. The number of nitrogens with zero attached hydrogens (tertiary/aromatic N) is 4. The van der Waals surface area contributed by atoms with Gasteiger partial charge in [0, 0.05) is 29.1 Å². The van der Waals surface area contributed by atoms with E-state index in [-0.39, 0.29) is 0 Å². The highest BCUT2D eigenvalue weighted by atomic mass is 16.5. The first-order valence-electron chi connectivity index (χ1n) is 8.80. The summed E-state index contributed by atoms with van der Waals surface area (Å²) in [5.41, 5.74) is 3.33. The monoisotopic (exact) mass is 370 g/mol.